The van der Waals surface area contributed by atoms with Crippen molar-refractivity contribution in [2.45, 2.75) is 58.7 Å². The molecule has 0 radical (unpaired) electrons. The number of nitrogens with zero attached hydrogens (tertiary/aromatic N) is 1. The van der Waals surface area contributed by atoms with Gasteiger partial charge in [-0.3, -0.25) is 9.78 Å². The van der Waals surface area contributed by atoms with Gasteiger partial charge in [-0.05, 0) is 31.9 Å². The third kappa shape index (κ3) is 5.71. The molecule has 2 N–H and O–H groups in total. The molecule has 1 aromatic heterocycles. The molecule has 1 fully saturated rings. The van der Waals surface area contributed by atoms with Crippen molar-refractivity contribution in [3.63, 3.8) is 0 Å². The lowest BCUT2D eigenvalue weighted by Gasteiger charge is -2.13. The largest absolute Gasteiger partial charge is 0.491 e. The highest BCUT2D eigenvalue weighted by Crippen LogP contribution is 2.19. The van der Waals surface area contributed by atoms with Crippen molar-refractivity contribution in [3.8, 4) is 5.75 Å². The second-order valence-corrected chi connectivity index (χ2v) is 5.87. The first-order chi connectivity index (χ1) is 10.0. The van der Waals surface area contributed by atoms with Gasteiger partial charge in [0.1, 0.15) is 5.75 Å². The summed E-state index contributed by atoms with van der Waals surface area (Å²) < 4.78 is 5.73. The summed E-state index contributed by atoms with van der Waals surface area (Å²) in [6, 6.07) is 4.66. The number of aromatic nitrogens is 1. The number of rotatable bonds is 8. The van der Waals surface area contributed by atoms with Gasteiger partial charge < -0.3 is 15.4 Å². The number of pyridine rings is 1. The molecule has 21 heavy (non-hydrogen) atoms. The van der Waals surface area contributed by atoms with Gasteiger partial charge in [-0.1, -0.05) is 13.8 Å². The Morgan fingerprint density at radius 3 is 2.86 bits per heavy atom. The fourth-order valence-electron chi connectivity index (χ4n) is 1.94. The molecule has 1 aliphatic rings. The van der Waals surface area contributed by atoms with Crippen LogP contribution in [0.3, 0.4) is 0 Å². The standard InChI is InChI=1S/C16H25N3O2/c1-11(2)17-10-14-15(7-4-12(3)18-14)21-9-8-16(20)19-13-5-6-13/h4,7,11,13,17H,5-6,8-10H2,1-3H3,(H,19,20). The summed E-state index contributed by atoms with van der Waals surface area (Å²) in [7, 11) is 0. The summed E-state index contributed by atoms with van der Waals surface area (Å²) in [5, 5.41) is 6.30. The first kappa shape index (κ1) is 15.8. The summed E-state index contributed by atoms with van der Waals surface area (Å²) in [5.41, 5.74) is 1.86. The minimum atomic E-state index is 0.0689. The van der Waals surface area contributed by atoms with Crippen LogP contribution in [0.15, 0.2) is 12.1 Å². The van der Waals surface area contributed by atoms with Gasteiger partial charge in [-0.25, -0.2) is 0 Å². The lowest BCUT2D eigenvalue weighted by atomic mass is 10.2. The Bertz CT molecular complexity index is 484. The highest BCUT2D eigenvalue weighted by atomic mass is 16.5. The fraction of sp³-hybridized carbons (Fsp3) is 0.625. The number of hydrogen-bond donors (Lipinski definition) is 2. The van der Waals surface area contributed by atoms with Crippen LogP contribution >= 0.6 is 0 Å². The van der Waals surface area contributed by atoms with Crippen molar-refractivity contribution >= 4 is 5.91 Å². The third-order valence-corrected chi connectivity index (χ3v) is 3.28. The number of ether oxygens (including phenoxy) is 1. The van der Waals surface area contributed by atoms with E-state index in [4.69, 9.17) is 4.74 Å². The number of aryl methyl sites for hydroxylation is 1. The van der Waals surface area contributed by atoms with Gasteiger partial charge in [0.15, 0.2) is 0 Å². The van der Waals surface area contributed by atoms with Gasteiger partial charge in [0, 0.05) is 24.3 Å². The van der Waals surface area contributed by atoms with Crippen LogP contribution in [-0.2, 0) is 11.3 Å². The molecule has 0 unspecified atom stereocenters. The topological polar surface area (TPSA) is 63.2 Å². The zero-order valence-electron chi connectivity index (χ0n) is 13.1. The van der Waals surface area contributed by atoms with E-state index < -0.39 is 0 Å². The van der Waals surface area contributed by atoms with Crippen LogP contribution in [0, 0.1) is 6.92 Å². The molecule has 1 aliphatic carbocycles. The Balaban J connectivity index is 1.84. The van der Waals surface area contributed by atoms with E-state index in [0.29, 0.717) is 31.7 Å². The zero-order valence-corrected chi connectivity index (χ0v) is 13.1. The van der Waals surface area contributed by atoms with Gasteiger partial charge in [-0.15, -0.1) is 0 Å². The minimum Gasteiger partial charge on any atom is -0.491 e. The number of carbonyl (C=O) groups is 1. The predicted molar refractivity (Wildman–Crippen MR) is 82.2 cm³/mol. The highest BCUT2D eigenvalue weighted by molar-refractivity contribution is 5.76. The number of carbonyl (C=O) groups excluding carboxylic acids is 1. The van der Waals surface area contributed by atoms with Crippen molar-refractivity contribution < 1.29 is 9.53 Å². The van der Waals surface area contributed by atoms with Crippen LogP contribution in [0.25, 0.3) is 0 Å². The smallest absolute Gasteiger partial charge is 0.223 e. The average molecular weight is 291 g/mol. The predicted octanol–water partition coefficient (Wildman–Crippen LogP) is 1.94. The normalized spacial score (nSPS) is 14.3. The summed E-state index contributed by atoms with van der Waals surface area (Å²) in [4.78, 5) is 16.1. The van der Waals surface area contributed by atoms with E-state index in [0.717, 1.165) is 30.0 Å². The van der Waals surface area contributed by atoms with Crippen molar-refractivity contribution in [1.82, 2.24) is 15.6 Å². The van der Waals surface area contributed by atoms with E-state index in [1.807, 2.05) is 19.1 Å². The number of nitrogens with one attached hydrogen (secondary N) is 2. The van der Waals surface area contributed by atoms with E-state index in [1.165, 1.54) is 0 Å². The first-order valence-electron chi connectivity index (χ1n) is 7.66. The molecule has 1 heterocycles. The number of hydrogen-bond acceptors (Lipinski definition) is 4. The maximum atomic E-state index is 11.6. The molecule has 0 aliphatic heterocycles. The maximum absolute atomic E-state index is 11.6. The minimum absolute atomic E-state index is 0.0689. The Hall–Kier alpha value is -1.62. The van der Waals surface area contributed by atoms with Gasteiger partial charge in [-0.2, -0.15) is 0 Å². The van der Waals surface area contributed by atoms with Crippen molar-refractivity contribution in [1.29, 1.82) is 0 Å². The Labute approximate surface area is 126 Å². The van der Waals surface area contributed by atoms with Gasteiger partial charge in [0.2, 0.25) is 5.91 Å². The van der Waals surface area contributed by atoms with Crippen LogP contribution in [0.2, 0.25) is 0 Å². The Morgan fingerprint density at radius 2 is 2.19 bits per heavy atom. The summed E-state index contributed by atoms with van der Waals surface area (Å²) in [6.45, 7) is 7.21. The molecule has 116 valence electrons. The van der Waals surface area contributed by atoms with Gasteiger partial charge >= 0.3 is 0 Å². The van der Waals surface area contributed by atoms with E-state index in [-0.39, 0.29) is 5.91 Å². The molecule has 2 rings (SSSR count). The lowest BCUT2D eigenvalue weighted by Crippen LogP contribution is -2.27. The second kappa shape index (κ2) is 7.41. The van der Waals surface area contributed by atoms with Crippen LogP contribution < -0.4 is 15.4 Å². The van der Waals surface area contributed by atoms with Crippen molar-refractivity contribution in [3.05, 3.63) is 23.5 Å². The van der Waals surface area contributed by atoms with Crippen LogP contribution in [0.4, 0.5) is 0 Å². The molecular formula is C16H25N3O2. The molecule has 1 amide bonds. The van der Waals surface area contributed by atoms with Gasteiger partial charge in [0.05, 0.1) is 18.7 Å². The van der Waals surface area contributed by atoms with Crippen LogP contribution in [-0.4, -0.2) is 29.6 Å². The second-order valence-electron chi connectivity index (χ2n) is 5.87. The van der Waals surface area contributed by atoms with Crippen LogP contribution in [0.1, 0.15) is 44.5 Å². The van der Waals surface area contributed by atoms with Gasteiger partial charge in [0.25, 0.3) is 0 Å². The van der Waals surface area contributed by atoms with Crippen LogP contribution in [0.5, 0.6) is 5.75 Å². The first-order valence-corrected chi connectivity index (χ1v) is 7.66. The third-order valence-electron chi connectivity index (χ3n) is 3.28. The molecule has 1 aromatic rings. The SMILES string of the molecule is Cc1ccc(OCCC(=O)NC2CC2)c(CNC(C)C)n1. The molecule has 0 atom stereocenters. The molecular weight excluding hydrogens is 266 g/mol. The van der Waals surface area contributed by atoms with Crippen molar-refractivity contribution in [2.75, 3.05) is 6.61 Å². The summed E-state index contributed by atoms with van der Waals surface area (Å²) >= 11 is 0. The molecule has 0 aromatic carbocycles. The average Bonchev–Trinajstić information content (AvgIpc) is 3.22. The monoisotopic (exact) mass is 291 g/mol. The molecule has 0 spiro atoms. The number of amides is 1. The quantitative estimate of drug-likeness (QED) is 0.768. The van der Waals surface area contributed by atoms with E-state index >= 15 is 0 Å². The molecule has 0 bridgehead atoms. The fourth-order valence-corrected chi connectivity index (χ4v) is 1.94. The molecule has 5 heteroatoms. The van der Waals surface area contributed by atoms with E-state index in [1.54, 1.807) is 0 Å². The summed E-state index contributed by atoms with van der Waals surface area (Å²) in [5.74, 6) is 0.826. The van der Waals surface area contributed by atoms with E-state index in [2.05, 4.69) is 29.5 Å². The molecule has 0 saturated heterocycles. The zero-order chi connectivity index (χ0) is 15.2. The van der Waals surface area contributed by atoms with Crippen molar-refractivity contribution in [2.24, 2.45) is 0 Å². The Morgan fingerprint density at radius 1 is 1.43 bits per heavy atom. The maximum Gasteiger partial charge on any atom is 0.223 e. The Kier molecular flexibility index (Phi) is 5.56. The lowest BCUT2D eigenvalue weighted by molar-refractivity contribution is -0.121. The van der Waals surface area contributed by atoms with E-state index in [9.17, 15) is 4.79 Å². The summed E-state index contributed by atoms with van der Waals surface area (Å²) in [6.07, 6.45) is 2.61. The molecule has 5 nitrogen and oxygen atoms in total. The molecule has 1 saturated carbocycles. The highest BCUT2D eigenvalue weighted by Gasteiger charge is 2.22.